The van der Waals surface area contributed by atoms with Gasteiger partial charge in [0.25, 0.3) is 5.91 Å². The summed E-state index contributed by atoms with van der Waals surface area (Å²) in [5.41, 5.74) is 0.896. The first-order valence-corrected chi connectivity index (χ1v) is 8.52. The number of nitrogens with zero attached hydrogens (tertiary/aromatic N) is 1. The molecular formula is C20H15BrN2O2. The van der Waals surface area contributed by atoms with Gasteiger partial charge in [-0.25, -0.2) is 0 Å². The van der Waals surface area contributed by atoms with Gasteiger partial charge in [-0.2, -0.15) is 5.26 Å². The van der Waals surface area contributed by atoms with E-state index in [0.717, 1.165) is 15.2 Å². The zero-order valence-electron chi connectivity index (χ0n) is 13.5. The highest BCUT2D eigenvalue weighted by Gasteiger charge is 2.16. The fourth-order valence-electron chi connectivity index (χ4n) is 2.45. The summed E-state index contributed by atoms with van der Waals surface area (Å²) in [4.78, 5) is 12.3. The standard InChI is InChI=1S/C20H15BrN2O2/c1-13(20(24)23-19-5-3-2-4-16(19)12-22)25-18-9-7-14-10-17(21)8-6-15(14)11-18/h2-11,13H,1H3,(H,23,24)/t13-/m0/s1. The van der Waals surface area contributed by atoms with Gasteiger partial charge in [-0.15, -0.1) is 0 Å². The quantitative estimate of drug-likeness (QED) is 0.685. The molecule has 0 aliphatic carbocycles. The molecule has 0 aromatic heterocycles. The van der Waals surface area contributed by atoms with Gasteiger partial charge in [-0.05, 0) is 54.1 Å². The van der Waals surface area contributed by atoms with Crippen LogP contribution in [0.15, 0.2) is 65.1 Å². The van der Waals surface area contributed by atoms with Crippen molar-refractivity contribution in [3.8, 4) is 11.8 Å². The van der Waals surface area contributed by atoms with Crippen molar-refractivity contribution in [3.05, 3.63) is 70.7 Å². The molecule has 1 amide bonds. The van der Waals surface area contributed by atoms with Gasteiger partial charge in [0.2, 0.25) is 0 Å². The Hall–Kier alpha value is -2.84. The minimum Gasteiger partial charge on any atom is -0.481 e. The molecule has 0 bridgehead atoms. The number of nitrogens with one attached hydrogen (secondary N) is 1. The Bertz CT molecular complexity index is 979. The van der Waals surface area contributed by atoms with Crippen molar-refractivity contribution in [1.82, 2.24) is 0 Å². The predicted molar refractivity (Wildman–Crippen MR) is 102 cm³/mol. The Balaban J connectivity index is 1.73. The van der Waals surface area contributed by atoms with Gasteiger partial charge in [0.1, 0.15) is 11.8 Å². The first-order valence-electron chi connectivity index (χ1n) is 7.73. The van der Waals surface area contributed by atoms with Crippen LogP contribution in [0.1, 0.15) is 12.5 Å². The molecule has 0 radical (unpaired) electrons. The van der Waals surface area contributed by atoms with E-state index >= 15 is 0 Å². The third-order valence-electron chi connectivity index (χ3n) is 3.76. The van der Waals surface area contributed by atoms with Crippen LogP contribution >= 0.6 is 15.9 Å². The molecule has 0 aliphatic heterocycles. The van der Waals surface area contributed by atoms with Crippen molar-refractivity contribution in [2.75, 3.05) is 5.32 Å². The molecule has 124 valence electrons. The van der Waals surface area contributed by atoms with E-state index in [1.165, 1.54) is 0 Å². The zero-order chi connectivity index (χ0) is 17.8. The second-order valence-electron chi connectivity index (χ2n) is 5.56. The van der Waals surface area contributed by atoms with Gasteiger partial charge in [-0.1, -0.05) is 40.2 Å². The number of hydrogen-bond donors (Lipinski definition) is 1. The van der Waals surface area contributed by atoms with Gasteiger partial charge in [-0.3, -0.25) is 4.79 Å². The lowest BCUT2D eigenvalue weighted by atomic mass is 10.1. The van der Waals surface area contributed by atoms with Crippen molar-refractivity contribution in [1.29, 1.82) is 5.26 Å². The van der Waals surface area contributed by atoms with Crippen LogP contribution in [0.2, 0.25) is 0 Å². The second kappa shape index (κ2) is 7.37. The Kier molecular flexibility index (Phi) is 5.01. The van der Waals surface area contributed by atoms with Gasteiger partial charge in [0.05, 0.1) is 11.3 Å². The Morgan fingerprint density at radius 1 is 1.12 bits per heavy atom. The first-order chi connectivity index (χ1) is 12.1. The number of benzene rings is 3. The number of carbonyl (C=O) groups excluding carboxylic acids is 1. The van der Waals surface area contributed by atoms with Crippen LogP contribution in [-0.2, 0) is 4.79 Å². The molecule has 0 aliphatic rings. The Morgan fingerprint density at radius 2 is 1.84 bits per heavy atom. The third-order valence-corrected chi connectivity index (χ3v) is 4.25. The number of anilines is 1. The second-order valence-corrected chi connectivity index (χ2v) is 6.48. The van der Waals surface area contributed by atoms with E-state index in [2.05, 4.69) is 27.3 Å². The molecule has 0 unspecified atom stereocenters. The first kappa shape index (κ1) is 17.0. The highest BCUT2D eigenvalue weighted by molar-refractivity contribution is 9.10. The topological polar surface area (TPSA) is 62.1 Å². The SMILES string of the molecule is C[C@H](Oc1ccc2cc(Br)ccc2c1)C(=O)Nc1ccccc1C#N. The zero-order valence-corrected chi connectivity index (χ0v) is 15.1. The summed E-state index contributed by atoms with van der Waals surface area (Å²) < 4.78 is 6.77. The number of carbonyl (C=O) groups is 1. The van der Waals surface area contributed by atoms with E-state index in [1.807, 2.05) is 36.4 Å². The summed E-state index contributed by atoms with van der Waals surface area (Å²) in [5.74, 6) is 0.310. The molecule has 1 N–H and O–H groups in total. The van der Waals surface area contributed by atoms with Crippen molar-refractivity contribution in [3.63, 3.8) is 0 Å². The van der Waals surface area contributed by atoms with Crippen LogP contribution < -0.4 is 10.1 Å². The smallest absolute Gasteiger partial charge is 0.265 e. The molecule has 3 aromatic rings. The molecule has 25 heavy (non-hydrogen) atoms. The highest BCUT2D eigenvalue weighted by atomic mass is 79.9. The Morgan fingerprint density at radius 3 is 2.64 bits per heavy atom. The van der Waals surface area contributed by atoms with Gasteiger partial charge >= 0.3 is 0 Å². The number of nitriles is 1. The van der Waals surface area contributed by atoms with E-state index in [-0.39, 0.29) is 5.91 Å². The molecule has 3 rings (SSSR count). The summed E-state index contributed by atoms with van der Waals surface area (Å²) in [5, 5.41) is 13.9. The predicted octanol–water partition coefficient (Wildman–Crippen LogP) is 4.88. The van der Waals surface area contributed by atoms with Crippen molar-refractivity contribution >= 4 is 38.3 Å². The third kappa shape index (κ3) is 3.98. The number of halogens is 1. The van der Waals surface area contributed by atoms with Crippen molar-refractivity contribution < 1.29 is 9.53 Å². The lowest BCUT2D eigenvalue weighted by molar-refractivity contribution is -0.122. The number of rotatable bonds is 4. The maximum atomic E-state index is 12.3. The van der Waals surface area contributed by atoms with Crippen LogP contribution in [0.4, 0.5) is 5.69 Å². The molecule has 0 heterocycles. The summed E-state index contributed by atoms with van der Waals surface area (Å²) in [6.45, 7) is 1.68. The van der Waals surface area contributed by atoms with Gasteiger partial charge in [0.15, 0.2) is 6.10 Å². The monoisotopic (exact) mass is 394 g/mol. The van der Waals surface area contributed by atoms with E-state index in [1.54, 1.807) is 31.2 Å². The van der Waals surface area contributed by atoms with Gasteiger partial charge < -0.3 is 10.1 Å². The largest absolute Gasteiger partial charge is 0.481 e. The summed E-state index contributed by atoms with van der Waals surface area (Å²) >= 11 is 3.45. The maximum absolute atomic E-state index is 12.3. The van der Waals surface area contributed by atoms with E-state index in [9.17, 15) is 4.79 Å². The van der Waals surface area contributed by atoms with Crippen molar-refractivity contribution in [2.45, 2.75) is 13.0 Å². The van der Waals surface area contributed by atoms with Crippen LogP contribution in [0.5, 0.6) is 5.75 Å². The molecule has 0 saturated carbocycles. The van der Waals surface area contributed by atoms with Crippen molar-refractivity contribution in [2.24, 2.45) is 0 Å². The summed E-state index contributed by atoms with van der Waals surface area (Å²) in [6, 6.07) is 20.6. The normalized spacial score (nSPS) is 11.6. The van der Waals surface area contributed by atoms with Gasteiger partial charge in [0, 0.05) is 4.47 Å². The highest BCUT2D eigenvalue weighted by Crippen LogP contribution is 2.25. The average molecular weight is 395 g/mol. The number of amides is 1. The van der Waals surface area contributed by atoms with Crippen LogP contribution in [0, 0.1) is 11.3 Å². The minimum atomic E-state index is -0.695. The molecular weight excluding hydrogens is 380 g/mol. The summed E-state index contributed by atoms with van der Waals surface area (Å²) in [6.07, 6.45) is -0.695. The minimum absolute atomic E-state index is 0.307. The lowest BCUT2D eigenvalue weighted by Gasteiger charge is -2.15. The molecule has 0 spiro atoms. The number of ether oxygens (including phenoxy) is 1. The maximum Gasteiger partial charge on any atom is 0.265 e. The van der Waals surface area contributed by atoms with Crippen LogP contribution in [0.3, 0.4) is 0 Å². The molecule has 3 aromatic carbocycles. The van der Waals surface area contributed by atoms with E-state index in [0.29, 0.717) is 17.0 Å². The van der Waals surface area contributed by atoms with Crippen LogP contribution in [0.25, 0.3) is 10.8 Å². The average Bonchev–Trinajstić information content (AvgIpc) is 2.62. The number of hydrogen-bond acceptors (Lipinski definition) is 3. The Labute approximate surface area is 154 Å². The van der Waals surface area contributed by atoms with E-state index < -0.39 is 6.10 Å². The molecule has 0 fully saturated rings. The van der Waals surface area contributed by atoms with E-state index in [4.69, 9.17) is 10.00 Å². The molecule has 1 atom stereocenters. The fourth-order valence-corrected chi connectivity index (χ4v) is 2.83. The fraction of sp³-hybridized carbons (Fsp3) is 0.100. The lowest BCUT2D eigenvalue weighted by Crippen LogP contribution is -2.30. The van der Waals surface area contributed by atoms with Crippen LogP contribution in [-0.4, -0.2) is 12.0 Å². The molecule has 0 saturated heterocycles. The number of fused-ring (bicyclic) bond motifs is 1. The summed E-state index contributed by atoms with van der Waals surface area (Å²) in [7, 11) is 0. The number of para-hydroxylation sites is 1. The molecule has 5 heteroatoms. The molecule has 4 nitrogen and oxygen atoms in total.